The molecule has 7 nitrogen and oxygen atoms in total. The Labute approximate surface area is 232 Å². The smallest absolute Gasteiger partial charge is 0.243 e. The second-order valence-corrected chi connectivity index (χ2v) is 11.2. The van der Waals surface area contributed by atoms with Crippen LogP contribution in [0.15, 0.2) is 87.1 Å². The Bertz CT molecular complexity index is 1550. The largest absolute Gasteiger partial charge is 0.497 e. The number of aryl methyl sites for hydroxylation is 1. The maximum atomic E-state index is 13.6. The van der Waals surface area contributed by atoms with Gasteiger partial charge in [0.25, 0.3) is 0 Å². The Morgan fingerprint density at radius 3 is 2.37 bits per heavy atom. The van der Waals surface area contributed by atoms with Gasteiger partial charge in [0.05, 0.1) is 31.9 Å². The maximum Gasteiger partial charge on any atom is 0.243 e. The zero-order chi connectivity index (χ0) is 27.3. The number of aliphatic imine (C=N–C) groups is 1. The molecule has 0 N–H and O–H groups in total. The molecule has 0 radical (unpaired) electrons. The number of benzene rings is 3. The minimum Gasteiger partial charge on any atom is -0.497 e. The molecule has 4 rings (SSSR count). The van der Waals surface area contributed by atoms with Gasteiger partial charge in [-0.2, -0.15) is 4.31 Å². The average Bonchev–Trinajstić information content (AvgIpc) is 3.36. The van der Waals surface area contributed by atoms with E-state index in [0.717, 1.165) is 5.56 Å². The number of hydrogen-bond acceptors (Lipinski definition) is 6. The lowest BCUT2D eigenvalue weighted by Gasteiger charge is -2.22. The lowest BCUT2D eigenvalue weighted by molar-refractivity contribution is 0.357. The number of sulfonamides is 1. The maximum absolute atomic E-state index is 13.6. The molecular weight excluding hydrogens is 547 g/mol. The van der Waals surface area contributed by atoms with Crippen molar-refractivity contribution in [2.45, 2.75) is 24.9 Å². The van der Waals surface area contributed by atoms with E-state index in [-0.39, 0.29) is 18.0 Å². The van der Waals surface area contributed by atoms with Gasteiger partial charge in [-0.05, 0) is 61.0 Å². The molecule has 3 aromatic carbocycles. The molecule has 0 aliphatic heterocycles. The van der Waals surface area contributed by atoms with Crippen LogP contribution in [0.4, 0.5) is 5.69 Å². The second-order valence-electron chi connectivity index (χ2n) is 8.42. The first-order valence-corrected chi connectivity index (χ1v) is 13.7. The fourth-order valence-electron chi connectivity index (χ4n) is 3.67. The van der Waals surface area contributed by atoms with Crippen LogP contribution in [0.25, 0.3) is 0 Å². The van der Waals surface area contributed by atoms with Crippen LogP contribution >= 0.6 is 23.2 Å². The van der Waals surface area contributed by atoms with Crippen LogP contribution in [0.5, 0.6) is 11.5 Å². The van der Waals surface area contributed by atoms with Gasteiger partial charge in [0.2, 0.25) is 10.0 Å². The molecule has 1 aromatic heterocycles. The molecule has 0 atom stereocenters. The topological polar surface area (TPSA) is 81.3 Å². The Morgan fingerprint density at radius 2 is 1.68 bits per heavy atom. The zero-order valence-electron chi connectivity index (χ0n) is 21.0. The van der Waals surface area contributed by atoms with Gasteiger partial charge in [0.1, 0.15) is 28.7 Å². The summed E-state index contributed by atoms with van der Waals surface area (Å²) < 4.78 is 45.1. The van der Waals surface area contributed by atoms with Crippen molar-refractivity contribution in [1.82, 2.24) is 4.31 Å². The van der Waals surface area contributed by atoms with Crippen LogP contribution in [-0.4, -0.2) is 33.2 Å². The Hall–Kier alpha value is -3.30. The highest BCUT2D eigenvalue weighted by Gasteiger charge is 2.27. The van der Waals surface area contributed by atoms with Gasteiger partial charge in [-0.15, -0.1) is 0 Å². The fourth-order valence-corrected chi connectivity index (χ4v) is 5.53. The van der Waals surface area contributed by atoms with Crippen molar-refractivity contribution in [3.63, 3.8) is 0 Å². The van der Waals surface area contributed by atoms with Crippen molar-refractivity contribution in [3.8, 4) is 11.5 Å². The van der Waals surface area contributed by atoms with Gasteiger partial charge in [-0.25, -0.2) is 13.4 Å². The molecule has 4 aromatic rings. The summed E-state index contributed by atoms with van der Waals surface area (Å²) in [7, 11) is -0.758. The summed E-state index contributed by atoms with van der Waals surface area (Å²) in [5, 5.41) is 0.845. The van der Waals surface area contributed by atoms with Crippen molar-refractivity contribution < 1.29 is 22.3 Å². The SMILES string of the molecule is COc1ccc(N=Cc2ccc(CN(Cc3ccc(Cl)cc3Cl)S(=O)(=O)c3ccc(C)cc3)o2)c(OC)c1. The van der Waals surface area contributed by atoms with Crippen molar-refractivity contribution >= 4 is 45.1 Å². The predicted octanol–water partition coefficient (Wildman–Crippen LogP) is 7.05. The number of furan rings is 1. The van der Waals surface area contributed by atoms with Crippen molar-refractivity contribution in [2.24, 2.45) is 4.99 Å². The quantitative estimate of drug-likeness (QED) is 0.190. The lowest BCUT2D eigenvalue weighted by atomic mass is 10.2. The molecule has 0 spiro atoms. The molecule has 0 saturated heterocycles. The van der Waals surface area contributed by atoms with Crippen molar-refractivity contribution in [3.05, 3.63) is 105 Å². The Morgan fingerprint density at radius 1 is 0.921 bits per heavy atom. The van der Waals surface area contributed by atoms with Crippen molar-refractivity contribution in [2.75, 3.05) is 14.2 Å². The molecule has 1 heterocycles. The molecular formula is C28H26Cl2N2O5S. The summed E-state index contributed by atoms with van der Waals surface area (Å²) in [6.07, 6.45) is 1.54. The van der Waals surface area contributed by atoms with Gasteiger partial charge in [0.15, 0.2) is 0 Å². The molecule has 38 heavy (non-hydrogen) atoms. The van der Waals surface area contributed by atoms with Crippen LogP contribution in [0.2, 0.25) is 10.0 Å². The summed E-state index contributed by atoms with van der Waals surface area (Å²) in [6, 6.07) is 20.4. The van der Waals surface area contributed by atoms with E-state index in [1.807, 2.05) is 6.92 Å². The first-order valence-electron chi connectivity index (χ1n) is 11.5. The third-order valence-electron chi connectivity index (χ3n) is 5.75. The van der Waals surface area contributed by atoms with Gasteiger partial charge in [0, 0.05) is 22.7 Å². The van der Waals surface area contributed by atoms with Crippen LogP contribution in [0.1, 0.15) is 22.6 Å². The first-order chi connectivity index (χ1) is 18.2. The van der Waals surface area contributed by atoms with E-state index in [2.05, 4.69) is 4.99 Å². The molecule has 0 bridgehead atoms. The summed E-state index contributed by atoms with van der Waals surface area (Å²) in [5.74, 6) is 2.09. The van der Waals surface area contributed by atoms with E-state index in [1.54, 1.807) is 93.2 Å². The summed E-state index contributed by atoms with van der Waals surface area (Å²) in [5.41, 5.74) is 2.17. The van der Waals surface area contributed by atoms with Gasteiger partial charge in [-0.3, -0.25) is 0 Å². The fraction of sp³-hybridized carbons (Fsp3) is 0.179. The predicted molar refractivity (Wildman–Crippen MR) is 150 cm³/mol. The minimum absolute atomic E-state index is 0.0190. The second kappa shape index (κ2) is 12.0. The van der Waals surface area contributed by atoms with E-state index in [0.29, 0.717) is 44.3 Å². The number of methoxy groups -OCH3 is 2. The highest BCUT2D eigenvalue weighted by molar-refractivity contribution is 7.89. The highest BCUT2D eigenvalue weighted by atomic mass is 35.5. The zero-order valence-corrected chi connectivity index (χ0v) is 23.3. The summed E-state index contributed by atoms with van der Waals surface area (Å²) in [6.45, 7) is 1.91. The average molecular weight is 573 g/mol. The van der Waals surface area contributed by atoms with Crippen LogP contribution in [0, 0.1) is 6.92 Å². The van der Waals surface area contributed by atoms with Crippen LogP contribution in [0.3, 0.4) is 0 Å². The Balaban J connectivity index is 1.61. The standard InChI is InChI=1S/C28H26Cl2N2O5S/c1-19-4-11-25(12-5-19)38(33,34)32(17-20-6-7-21(29)14-26(20)30)18-24-9-8-23(37-24)16-31-27-13-10-22(35-2)15-28(27)36-3/h4-16H,17-18H2,1-3H3. The monoisotopic (exact) mass is 572 g/mol. The van der Waals surface area contributed by atoms with E-state index in [1.165, 1.54) is 4.31 Å². The molecule has 10 heteroatoms. The van der Waals surface area contributed by atoms with Gasteiger partial charge in [-0.1, -0.05) is 47.0 Å². The number of nitrogens with zero attached hydrogens (tertiary/aromatic N) is 2. The van der Waals surface area contributed by atoms with E-state index in [4.69, 9.17) is 37.1 Å². The number of ether oxygens (including phenoxy) is 2. The first kappa shape index (κ1) is 27.7. The molecule has 0 unspecified atom stereocenters. The summed E-state index contributed by atoms with van der Waals surface area (Å²) >= 11 is 12.4. The van der Waals surface area contributed by atoms with Gasteiger partial charge < -0.3 is 13.9 Å². The third kappa shape index (κ3) is 6.57. The molecule has 0 amide bonds. The molecule has 0 saturated carbocycles. The Kier molecular flexibility index (Phi) is 8.79. The molecule has 0 fully saturated rings. The van der Waals surface area contributed by atoms with E-state index < -0.39 is 10.0 Å². The number of halogens is 2. The normalized spacial score (nSPS) is 11.8. The summed E-state index contributed by atoms with van der Waals surface area (Å²) in [4.78, 5) is 4.62. The van der Waals surface area contributed by atoms with Crippen LogP contribution in [-0.2, 0) is 23.1 Å². The molecule has 0 aliphatic carbocycles. The molecule has 0 aliphatic rings. The van der Waals surface area contributed by atoms with Gasteiger partial charge >= 0.3 is 0 Å². The number of hydrogen-bond donors (Lipinski definition) is 0. The highest BCUT2D eigenvalue weighted by Crippen LogP contribution is 2.32. The minimum atomic E-state index is -3.88. The number of rotatable bonds is 10. The van der Waals surface area contributed by atoms with Crippen molar-refractivity contribution in [1.29, 1.82) is 0 Å². The van der Waals surface area contributed by atoms with Crippen LogP contribution < -0.4 is 9.47 Å². The van der Waals surface area contributed by atoms with E-state index in [9.17, 15) is 8.42 Å². The molecule has 198 valence electrons. The van der Waals surface area contributed by atoms with E-state index >= 15 is 0 Å². The lowest BCUT2D eigenvalue weighted by Crippen LogP contribution is -2.30. The third-order valence-corrected chi connectivity index (χ3v) is 8.15.